The van der Waals surface area contributed by atoms with Crippen LogP contribution in [0.5, 0.6) is 0 Å². The molecule has 2 nitrogen and oxygen atoms in total. The molecule has 0 aliphatic rings. The van der Waals surface area contributed by atoms with Gasteiger partial charge in [0.25, 0.3) is 0 Å². The van der Waals surface area contributed by atoms with Gasteiger partial charge in [0.05, 0.1) is 11.6 Å². The third-order valence-corrected chi connectivity index (χ3v) is 4.56. The fourth-order valence-electron chi connectivity index (χ4n) is 1.68. The topological polar surface area (TPSA) is 35.8 Å². The third kappa shape index (κ3) is 3.42. The number of rotatable bonds is 4. The van der Waals surface area contributed by atoms with Crippen molar-refractivity contribution in [2.45, 2.75) is 19.5 Å². The van der Waals surface area contributed by atoms with Gasteiger partial charge in [-0.15, -0.1) is 11.3 Å². The molecule has 18 heavy (non-hydrogen) atoms. The van der Waals surface area contributed by atoms with Crippen molar-refractivity contribution >= 4 is 27.3 Å². The van der Waals surface area contributed by atoms with Gasteiger partial charge in [-0.3, -0.25) is 0 Å². The molecule has 1 atom stereocenters. The average Bonchev–Trinajstić information content (AvgIpc) is 2.83. The molecule has 1 N–H and O–H groups in total. The number of hydrogen-bond acceptors (Lipinski definition) is 3. The molecular weight excluding hydrogens is 308 g/mol. The minimum absolute atomic E-state index is 0.312. The Hall–Kier alpha value is -1.15. The summed E-state index contributed by atoms with van der Waals surface area (Å²) >= 11 is 5.20. The fraction of sp³-hybridized carbons (Fsp3) is 0.214. The third-order valence-electron chi connectivity index (χ3n) is 2.68. The molecule has 92 valence electrons. The maximum absolute atomic E-state index is 8.85. The number of halogens is 1. The molecule has 0 aliphatic carbocycles. The lowest BCUT2D eigenvalue weighted by Crippen LogP contribution is -2.17. The van der Waals surface area contributed by atoms with E-state index < -0.39 is 0 Å². The van der Waals surface area contributed by atoms with Crippen LogP contribution in [0.25, 0.3) is 0 Å². The minimum atomic E-state index is 0.312. The summed E-state index contributed by atoms with van der Waals surface area (Å²) in [6.07, 6.45) is 0. The Morgan fingerprint density at radius 1 is 1.44 bits per heavy atom. The van der Waals surface area contributed by atoms with Crippen molar-refractivity contribution in [3.63, 3.8) is 0 Å². The van der Waals surface area contributed by atoms with Crippen molar-refractivity contribution < 1.29 is 0 Å². The molecule has 1 heterocycles. The highest BCUT2D eigenvalue weighted by atomic mass is 79.9. The molecule has 0 amide bonds. The second-order valence-electron chi connectivity index (χ2n) is 4.08. The Balaban J connectivity index is 1.97. The second-order valence-corrected chi connectivity index (χ2v) is 5.94. The number of nitrogens with zero attached hydrogens (tertiary/aromatic N) is 1. The first-order valence-electron chi connectivity index (χ1n) is 5.65. The quantitative estimate of drug-likeness (QED) is 0.914. The Morgan fingerprint density at radius 3 is 2.94 bits per heavy atom. The maximum atomic E-state index is 8.85. The highest BCUT2D eigenvalue weighted by Gasteiger charge is 2.07. The van der Waals surface area contributed by atoms with E-state index in [9.17, 15) is 0 Å². The lowest BCUT2D eigenvalue weighted by Gasteiger charge is -2.12. The molecule has 0 spiro atoms. The van der Waals surface area contributed by atoms with E-state index in [1.807, 2.05) is 24.3 Å². The van der Waals surface area contributed by atoms with Crippen molar-refractivity contribution in [1.82, 2.24) is 5.32 Å². The number of thiophene rings is 1. The average molecular weight is 321 g/mol. The van der Waals surface area contributed by atoms with Crippen molar-refractivity contribution in [3.8, 4) is 6.07 Å². The fourth-order valence-corrected chi connectivity index (χ4v) is 3.16. The molecule has 1 aromatic heterocycles. The summed E-state index contributed by atoms with van der Waals surface area (Å²) in [6.45, 7) is 2.92. The zero-order chi connectivity index (χ0) is 13.0. The zero-order valence-corrected chi connectivity index (χ0v) is 12.4. The van der Waals surface area contributed by atoms with Crippen LogP contribution < -0.4 is 5.32 Å². The van der Waals surface area contributed by atoms with E-state index in [-0.39, 0.29) is 0 Å². The molecule has 0 fully saturated rings. The van der Waals surface area contributed by atoms with Gasteiger partial charge in [0.15, 0.2) is 0 Å². The first-order chi connectivity index (χ1) is 8.69. The van der Waals surface area contributed by atoms with Crippen LogP contribution >= 0.6 is 27.3 Å². The molecule has 0 aliphatic heterocycles. The summed E-state index contributed by atoms with van der Waals surface area (Å²) in [4.78, 5) is 1.30. The normalized spacial score (nSPS) is 12.1. The maximum Gasteiger partial charge on any atom is 0.0991 e. The van der Waals surface area contributed by atoms with Crippen LogP contribution in [0, 0.1) is 11.3 Å². The second kappa shape index (κ2) is 6.14. The van der Waals surface area contributed by atoms with Crippen molar-refractivity contribution in [1.29, 1.82) is 5.26 Å². The van der Waals surface area contributed by atoms with Gasteiger partial charge in [-0.2, -0.15) is 5.26 Å². The minimum Gasteiger partial charge on any atom is -0.305 e. The summed E-state index contributed by atoms with van der Waals surface area (Å²) in [5.74, 6) is 0. The molecular formula is C14H13BrN2S. The Morgan fingerprint density at radius 2 is 2.28 bits per heavy atom. The van der Waals surface area contributed by atoms with Crippen LogP contribution in [-0.2, 0) is 6.54 Å². The molecule has 0 saturated heterocycles. The van der Waals surface area contributed by atoms with Gasteiger partial charge in [-0.05, 0) is 46.6 Å². The number of nitrogens with one attached hydrogen (secondary N) is 1. The number of hydrogen-bond donors (Lipinski definition) is 1. The summed E-state index contributed by atoms with van der Waals surface area (Å²) in [5.41, 5.74) is 1.84. The van der Waals surface area contributed by atoms with E-state index in [1.54, 1.807) is 11.3 Å². The van der Waals surface area contributed by atoms with Gasteiger partial charge < -0.3 is 5.32 Å². The van der Waals surface area contributed by atoms with Crippen LogP contribution in [0.3, 0.4) is 0 Å². The highest BCUT2D eigenvalue weighted by Crippen LogP contribution is 2.25. The molecule has 0 bridgehead atoms. The summed E-state index contributed by atoms with van der Waals surface area (Å²) in [5, 5.41) is 14.4. The first-order valence-corrected chi connectivity index (χ1v) is 7.32. The molecule has 0 saturated carbocycles. The van der Waals surface area contributed by atoms with E-state index in [1.165, 1.54) is 4.88 Å². The van der Waals surface area contributed by atoms with Crippen molar-refractivity contribution in [3.05, 3.63) is 56.2 Å². The molecule has 1 aromatic carbocycles. The zero-order valence-electron chi connectivity index (χ0n) is 9.98. The largest absolute Gasteiger partial charge is 0.305 e. The summed E-state index contributed by atoms with van der Waals surface area (Å²) < 4.78 is 1.13. The van der Waals surface area contributed by atoms with E-state index >= 15 is 0 Å². The summed E-state index contributed by atoms with van der Waals surface area (Å²) in [6, 6.07) is 12.3. The van der Waals surface area contributed by atoms with E-state index in [2.05, 4.69) is 45.7 Å². The van der Waals surface area contributed by atoms with Gasteiger partial charge in [0.2, 0.25) is 0 Å². The lowest BCUT2D eigenvalue weighted by molar-refractivity contribution is 0.583. The highest BCUT2D eigenvalue weighted by molar-refractivity contribution is 9.10. The van der Waals surface area contributed by atoms with Gasteiger partial charge in [-0.25, -0.2) is 0 Å². The molecule has 4 heteroatoms. The van der Waals surface area contributed by atoms with E-state index in [4.69, 9.17) is 5.26 Å². The predicted molar refractivity (Wildman–Crippen MR) is 78.4 cm³/mol. The van der Waals surface area contributed by atoms with Crippen molar-refractivity contribution in [2.75, 3.05) is 0 Å². The number of nitriles is 1. The smallest absolute Gasteiger partial charge is 0.0991 e. The number of benzene rings is 1. The van der Waals surface area contributed by atoms with Crippen LogP contribution in [-0.4, -0.2) is 0 Å². The standard InChI is InChI=1S/C14H13BrN2S/c1-10(14-6-13(15)9-18-14)17-8-12-4-2-3-11(5-12)7-16/h2-6,9-10,17H,8H2,1H3. The molecule has 1 unspecified atom stereocenters. The molecule has 2 aromatic rings. The molecule has 0 radical (unpaired) electrons. The molecule has 2 rings (SSSR count). The van der Waals surface area contributed by atoms with Crippen LogP contribution in [0.1, 0.15) is 29.0 Å². The van der Waals surface area contributed by atoms with E-state index in [0.717, 1.165) is 16.6 Å². The monoisotopic (exact) mass is 320 g/mol. The van der Waals surface area contributed by atoms with Gasteiger partial charge >= 0.3 is 0 Å². The summed E-state index contributed by atoms with van der Waals surface area (Å²) in [7, 11) is 0. The van der Waals surface area contributed by atoms with Gasteiger partial charge in [0, 0.05) is 27.3 Å². The Bertz CT molecular complexity index is 571. The van der Waals surface area contributed by atoms with Gasteiger partial charge in [-0.1, -0.05) is 12.1 Å². The Labute approximate surface area is 119 Å². The van der Waals surface area contributed by atoms with Gasteiger partial charge in [0.1, 0.15) is 0 Å². The SMILES string of the molecule is CC(NCc1cccc(C#N)c1)c1cc(Br)cs1. The Kier molecular flexibility index (Phi) is 4.54. The first kappa shape index (κ1) is 13.3. The van der Waals surface area contributed by atoms with Crippen LogP contribution in [0.15, 0.2) is 40.2 Å². The van der Waals surface area contributed by atoms with E-state index in [0.29, 0.717) is 11.6 Å². The van der Waals surface area contributed by atoms with Crippen LogP contribution in [0.2, 0.25) is 0 Å². The lowest BCUT2D eigenvalue weighted by atomic mass is 10.1. The predicted octanol–water partition coefficient (Wildman–Crippen LogP) is 4.23. The van der Waals surface area contributed by atoms with Crippen LogP contribution in [0.4, 0.5) is 0 Å². The van der Waals surface area contributed by atoms with Crippen molar-refractivity contribution in [2.24, 2.45) is 0 Å².